The van der Waals surface area contributed by atoms with E-state index in [0.29, 0.717) is 28.4 Å². The van der Waals surface area contributed by atoms with E-state index in [1.54, 1.807) is 6.07 Å². The van der Waals surface area contributed by atoms with Crippen LogP contribution < -0.4 is 11.1 Å². The number of para-hydroxylation sites is 2. The van der Waals surface area contributed by atoms with Crippen molar-refractivity contribution in [2.75, 3.05) is 30.7 Å². The molecular formula is C14H21N3OS. The van der Waals surface area contributed by atoms with Gasteiger partial charge in [0.05, 0.1) is 17.9 Å². The van der Waals surface area contributed by atoms with Gasteiger partial charge >= 0.3 is 0 Å². The van der Waals surface area contributed by atoms with Crippen LogP contribution in [0.3, 0.4) is 0 Å². The first-order chi connectivity index (χ1) is 9.04. The quantitative estimate of drug-likeness (QED) is 0.831. The van der Waals surface area contributed by atoms with Crippen LogP contribution in [0.15, 0.2) is 24.3 Å². The number of nitrogens with zero attached hydrogens (tertiary/aromatic N) is 1. The summed E-state index contributed by atoms with van der Waals surface area (Å²) in [5.41, 5.74) is 7.11. The van der Waals surface area contributed by atoms with E-state index in [1.165, 1.54) is 0 Å². The lowest BCUT2D eigenvalue weighted by atomic mass is 10.2. The van der Waals surface area contributed by atoms with Gasteiger partial charge in [-0.15, -0.1) is 0 Å². The number of benzene rings is 1. The normalized spacial score (nSPS) is 24.1. The molecule has 2 unspecified atom stereocenters. The zero-order chi connectivity index (χ0) is 13.8. The van der Waals surface area contributed by atoms with Crippen molar-refractivity contribution in [2.24, 2.45) is 0 Å². The lowest BCUT2D eigenvalue weighted by molar-refractivity contribution is -0.117. The molecule has 0 radical (unpaired) electrons. The number of hydrogen-bond donors (Lipinski definition) is 2. The summed E-state index contributed by atoms with van der Waals surface area (Å²) in [6, 6.07) is 7.34. The van der Waals surface area contributed by atoms with Crippen LogP contribution >= 0.6 is 11.8 Å². The predicted octanol–water partition coefficient (Wildman–Crippen LogP) is 2.03. The molecule has 1 aliphatic heterocycles. The number of carbonyl (C=O) groups excluding carboxylic acids is 1. The number of nitrogen functional groups attached to an aromatic ring is 1. The number of nitrogens with two attached hydrogens (primary N) is 1. The van der Waals surface area contributed by atoms with E-state index in [2.05, 4.69) is 24.1 Å². The third-order valence-corrected chi connectivity index (χ3v) is 4.32. The van der Waals surface area contributed by atoms with Crippen LogP contribution in [0.4, 0.5) is 11.4 Å². The number of thioether (sulfide) groups is 1. The molecule has 2 atom stereocenters. The van der Waals surface area contributed by atoms with Gasteiger partial charge in [-0.1, -0.05) is 26.0 Å². The number of hydrogen-bond acceptors (Lipinski definition) is 4. The van der Waals surface area contributed by atoms with Crippen LogP contribution in [0.1, 0.15) is 13.8 Å². The van der Waals surface area contributed by atoms with Crippen LogP contribution in [0.25, 0.3) is 0 Å². The molecule has 0 saturated carbocycles. The molecule has 1 aromatic rings. The molecule has 19 heavy (non-hydrogen) atoms. The second-order valence-corrected chi connectivity index (χ2v) is 6.97. The fraction of sp³-hybridized carbons (Fsp3) is 0.500. The van der Waals surface area contributed by atoms with E-state index in [-0.39, 0.29) is 5.91 Å². The minimum absolute atomic E-state index is 0.00389. The van der Waals surface area contributed by atoms with E-state index in [0.717, 1.165) is 13.1 Å². The molecule has 1 aromatic carbocycles. The van der Waals surface area contributed by atoms with Crippen LogP contribution in [0.2, 0.25) is 0 Å². The topological polar surface area (TPSA) is 58.4 Å². The highest BCUT2D eigenvalue weighted by Crippen LogP contribution is 2.24. The van der Waals surface area contributed by atoms with E-state index in [9.17, 15) is 4.79 Å². The SMILES string of the molecule is CC1CN(CC(=O)Nc2ccccc2N)CC(C)S1. The minimum atomic E-state index is 0.00389. The van der Waals surface area contributed by atoms with Gasteiger partial charge in [0.1, 0.15) is 0 Å². The van der Waals surface area contributed by atoms with Gasteiger partial charge < -0.3 is 11.1 Å². The Kier molecular flexibility index (Phi) is 4.71. The highest BCUT2D eigenvalue weighted by molar-refractivity contribution is 8.00. The summed E-state index contributed by atoms with van der Waals surface area (Å²) in [4.78, 5) is 14.2. The zero-order valence-corrected chi connectivity index (χ0v) is 12.2. The summed E-state index contributed by atoms with van der Waals surface area (Å²) in [5, 5.41) is 4.04. The van der Waals surface area contributed by atoms with Crippen LogP contribution in [0, 0.1) is 0 Å². The molecule has 0 spiro atoms. The molecular weight excluding hydrogens is 258 g/mol. The van der Waals surface area contributed by atoms with Crippen molar-refractivity contribution in [1.82, 2.24) is 4.90 Å². The average molecular weight is 279 g/mol. The van der Waals surface area contributed by atoms with E-state index < -0.39 is 0 Å². The number of carbonyl (C=O) groups is 1. The van der Waals surface area contributed by atoms with Gasteiger partial charge in [0, 0.05) is 23.6 Å². The van der Waals surface area contributed by atoms with E-state index in [1.807, 2.05) is 30.0 Å². The first-order valence-electron chi connectivity index (χ1n) is 6.56. The molecule has 0 aliphatic carbocycles. The van der Waals surface area contributed by atoms with Crippen molar-refractivity contribution in [3.8, 4) is 0 Å². The van der Waals surface area contributed by atoms with Crippen molar-refractivity contribution in [1.29, 1.82) is 0 Å². The van der Waals surface area contributed by atoms with Gasteiger partial charge in [0.2, 0.25) is 5.91 Å². The molecule has 0 aromatic heterocycles. The lowest BCUT2D eigenvalue weighted by Crippen LogP contribution is -2.44. The third kappa shape index (κ3) is 4.14. The van der Waals surface area contributed by atoms with Crippen LogP contribution in [-0.4, -0.2) is 40.9 Å². The number of rotatable bonds is 3. The first-order valence-corrected chi connectivity index (χ1v) is 7.51. The highest BCUT2D eigenvalue weighted by Gasteiger charge is 2.23. The fourth-order valence-electron chi connectivity index (χ4n) is 2.42. The number of anilines is 2. The summed E-state index contributed by atoms with van der Waals surface area (Å²) >= 11 is 1.99. The Bertz CT molecular complexity index is 442. The molecule has 2 rings (SSSR count). The maximum atomic E-state index is 12.0. The Morgan fingerprint density at radius 3 is 2.63 bits per heavy atom. The Labute approximate surface area is 118 Å². The lowest BCUT2D eigenvalue weighted by Gasteiger charge is -2.34. The van der Waals surface area contributed by atoms with Crippen molar-refractivity contribution in [2.45, 2.75) is 24.3 Å². The van der Waals surface area contributed by atoms with Crippen molar-refractivity contribution < 1.29 is 4.79 Å². The van der Waals surface area contributed by atoms with Crippen molar-refractivity contribution >= 4 is 29.0 Å². The molecule has 1 saturated heterocycles. The molecule has 1 amide bonds. The summed E-state index contributed by atoms with van der Waals surface area (Å²) in [6.07, 6.45) is 0. The molecule has 1 aliphatic rings. The Balaban J connectivity index is 1.89. The summed E-state index contributed by atoms with van der Waals surface area (Å²) in [6.45, 7) is 6.78. The van der Waals surface area contributed by atoms with Gasteiger partial charge in [-0.3, -0.25) is 9.69 Å². The van der Waals surface area contributed by atoms with Gasteiger partial charge in [-0.2, -0.15) is 11.8 Å². The number of nitrogens with one attached hydrogen (secondary N) is 1. The Hall–Kier alpha value is -1.20. The molecule has 1 fully saturated rings. The van der Waals surface area contributed by atoms with Crippen molar-refractivity contribution in [3.63, 3.8) is 0 Å². The highest BCUT2D eigenvalue weighted by atomic mass is 32.2. The summed E-state index contributed by atoms with van der Waals surface area (Å²) in [5.74, 6) is 0.00389. The molecule has 104 valence electrons. The standard InChI is InChI=1S/C14H21N3OS/c1-10-7-17(8-11(2)19-10)9-14(18)16-13-6-4-3-5-12(13)15/h3-6,10-11H,7-9,15H2,1-2H3,(H,16,18). The molecule has 3 N–H and O–H groups in total. The van der Waals surface area contributed by atoms with Crippen LogP contribution in [0.5, 0.6) is 0 Å². The van der Waals surface area contributed by atoms with Crippen LogP contribution in [-0.2, 0) is 4.79 Å². The largest absolute Gasteiger partial charge is 0.397 e. The Morgan fingerprint density at radius 1 is 1.37 bits per heavy atom. The minimum Gasteiger partial charge on any atom is -0.397 e. The second-order valence-electron chi connectivity index (χ2n) is 5.09. The van der Waals surface area contributed by atoms with Crippen molar-refractivity contribution in [3.05, 3.63) is 24.3 Å². The summed E-state index contributed by atoms with van der Waals surface area (Å²) in [7, 11) is 0. The Morgan fingerprint density at radius 2 is 2.00 bits per heavy atom. The zero-order valence-electron chi connectivity index (χ0n) is 11.4. The molecule has 1 heterocycles. The van der Waals surface area contributed by atoms with Gasteiger partial charge in [0.25, 0.3) is 0 Å². The van der Waals surface area contributed by atoms with Gasteiger partial charge in [0.15, 0.2) is 0 Å². The smallest absolute Gasteiger partial charge is 0.238 e. The van der Waals surface area contributed by atoms with Gasteiger partial charge in [-0.05, 0) is 12.1 Å². The first kappa shape index (κ1) is 14.2. The molecule has 4 nitrogen and oxygen atoms in total. The number of amides is 1. The molecule has 5 heteroatoms. The maximum Gasteiger partial charge on any atom is 0.238 e. The summed E-state index contributed by atoms with van der Waals surface area (Å²) < 4.78 is 0. The predicted molar refractivity (Wildman–Crippen MR) is 82.4 cm³/mol. The average Bonchev–Trinajstić information content (AvgIpc) is 2.30. The van der Waals surface area contributed by atoms with E-state index in [4.69, 9.17) is 5.73 Å². The monoisotopic (exact) mass is 279 g/mol. The van der Waals surface area contributed by atoms with Gasteiger partial charge in [-0.25, -0.2) is 0 Å². The second kappa shape index (κ2) is 6.30. The maximum absolute atomic E-state index is 12.0. The fourth-order valence-corrected chi connectivity index (χ4v) is 3.80. The molecule has 0 bridgehead atoms. The van der Waals surface area contributed by atoms with E-state index >= 15 is 0 Å². The third-order valence-electron chi connectivity index (χ3n) is 3.10.